The molecule has 2 heterocycles. The minimum atomic E-state index is -3.67. The van der Waals surface area contributed by atoms with E-state index in [9.17, 15) is 13.2 Å². The van der Waals surface area contributed by atoms with Gasteiger partial charge < -0.3 is 15.1 Å². The number of piperidine rings is 1. The average molecular weight is 477 g/mol. The molecule has 2 aliphatic rings. The lowest BCUT2D eigenvalue weighted by Crippen LogP contribution is -2.45. The predicted octanol–water partition coefficient (Wildman–Crippen LogP) is 3.13. The molecule has 172 valence electrons. The highest BCUT2D eigenvalue weighted by Gasteiger charge is 2.33. The van der Waals surface area contributed by atoms with Crippen LogP contribution < -0.4 is 10.2 Å². The van der Waals surface area contributed by atoms with Crippen molar-refractivity contribution in [3.63, 3.8) is 0 Å². The second-order valence-corrected chi connectivity index (χ2v) is 10.8. The van der Waals surface area contributed by atoms with Crippen LogP contribution in [0.3, 0.4) is 0 Å². The van der Waals surface area contributed by atoms with Crippen molar-refractivity contribution in [3.8, 4) is 0 Å². The molecule has 1 atom stereocenters. The number of carbonyl (C=O) groups excluding carboxylic acids is 1. The van der Waals surface area contributed by atoms with Crippen LogP contribution in [0.5, 0.6) is 0 Å². The Kier molecular flexibility index (Phi) is 7.05. The van der Waals surface area contributed by atoms with Gasteiger partial charge in [0.2, 0.25) is 15.9 Å². The Morgan fingerprint density at radius 3 is 2.41 bits per heavy atom. The fourth-order valence-electron chi connectivity index (χ4n) is 4.27. The lowest BCUT2D eigenvalue weighted by Gasteiger charge is -2.35. The van der Waals surface area contributed by atoms with Crippen molar-refractivity contribution in [1.82, 2.24) is 9.21 Å². The van der Waals surface area contributed by atoms with Crippen LogP contribution in [0.4, 0.5) is 11.4 Å². The van der Waals surface area contributed by atoms with E-state index in [4.69, 9.17) is 11.6 Å². The zero-order valence-electron chi connectivity index (χ0n) is 18.2. The lowest BCUT2D eigenvalue weighted by molar-refractivity contribution is -0.120. The molecular weight excluding hydrogens is 448 g/mol. The highest BCUT2D eigenvalue weighted by atomic mass is 35.5. The summed E-state index contributed by atoms with van der Waals surface area (Å²) in [7, 11) is -1.56. The quantitative estimate of drug-likeness (QED) is 0.717. The number of piperazine rings is 1. The van der Waals surface area contributed by atoms with Crippen molar-refractivity contribution in [2.24, 2.45) is 5.92 Å². The summed E-state index contributed by atoms with van der Waals surface area (Å²) in [5, 5.41) is 3.56. The number of benzene rings is 2. The van der Waals surface area contributed by atoms with Crippen LogP contribution in [-0.2, 0) is 14.8 Å². The molecule has 0 saturated carbocycles. The molecule has 4 rings (SSSR count). The van der Waals surface area contributed by atoms with Gasteiger partial charge in [-0.1, -0.05) is 23.7 Å². The van der Waals surface area contributed by atoms with Crippen LogP contribution in [0.25, 0.3) is 0 Å². The number of para-hydroxylation sites is 2. The molecule has 7 nitrogen and oxygen atoms in total. The topological polar surface area (TPSA) is 73.0 Å². The molecule has 2 aliphatic heterocycles. The first-order chi connectivity index (χ1) is 15.3. The molecule has 1 N–H and O–H groups in total. The molecule has 2 saturated heterocycles. The van der Waals surface area contributed by atoms with Gasteiger partial charge in [0.05, 0.1) is 22.2 Å². The van der Waals surface area contributed by atoms with E-state index in [0.29, 0.717) is 24.4 Å². The van der Waals surface area contributed by atoms with Crippen LogP contribution >= 0.6 is 11.6 Å². The Labute approximate surface area is 195 Å². The van der Waals surface area contributed by atoms with E-state index < -0.39 is 15.9 Å². The molecule has 2 aromatic carbocycles. The number of carbonyl (C=O) groups is 1. The first-order valence-corrected chi connectivity index (χ1v) is 12.8. The average Bonchev–Trinajstić information content (AvgIpc) is 2.80. The molecule has 1 amide bonds. The van der Waals surface area contributed by atoms with Crippen LogP contribution in [0.1, 0.15) is 12.8 Å². The minimum Gasteiger partial charge on any atom is -0.367 e. The number of rotatable bonds is 5. The summed E-state index contributed by atoms with van der Waals surface area (Å²) in [6.07, 6.45) is 1.31. The number of nitrogens with zero attached hydrogens (tertiary/aromatic N) is 3. The van der Waals surface area contributed by atoms with Gasteiger partial charge in [-0.05, 0) is 56.3 Å². The molecule has 32 heavy (non-hydrogen) atoms. The van der Waals surface area contributed by atoms with Crippen LogP contribution in [-0.4, -0.2) is 69.8 Å². The maximum Gasteiger partial charge on any atom is 0.243 e. The van der Waals surface area contributed by atoms with Crippen molar-refractivity contribution in [1.29, 1.82) is 0 Å². The first-order valence-electron chi connectivity index (χ1n) is 10.9. The third-order valence-corrected chi connectivity index (χ3v) is 8.34. The summed E-state index contributed by atoms with van der Waals surface area (Å²) in [6.45, 7) is 4.34. The third-order valence-electron chi connectivity index (χ3n) is 6.21. The number of anilines is 2. The molecule has 0 spiro atoms. The fourth-order valence-corrected chi connectivity index (χ4v) is 5.92. The highest BCUT2D eigenvalue weighted by Crippen LogP contribution is 2.29. The zero-order valence-corrected chi connectivity index (χ0v) is 19.8. The van der Waals surface area contributed by atoms with Crippen LogP contribution in [0.2, 0.25) is 5.02 Å². The van der Waals surface area contributed by atoms with Crippen molar-refractivity contribution in [2.45, 2.75) is 17.7 Å². The SMILES string of the molecule is CN1CCN(c2ccccc2NC(=O)[C@H]2CCCN(S(=O)(=O)c3ccc(Cl)cc3)C2)CC1. The van der Waals surface area contributed by atoms with Gasteiger partial charge in [0.1, 0.15) is 0 Å². The molecule has 2 fully saturated rings. The third kappa shape index (κ3) is 5.09. The number of likely N-dealkylation sites (N-methyl/N-ethyl adjacent to an activating group) is 1. The second-order valence-electron chi connectivity index (χ2n) is 8.45. The fraction of sp³-hybridized carbons (Fsp3) is 0.435. The van der Waals surface area contributed by atoms with Gasteiger partial charge in [0.25, 0.3) is 0 Å². The monoisotopic (exact) mass is 476 g/mol. The van der Waals surface area contributed by atoms with Gasteiger partial charge in [0.15, 0.2) is 0 Å². The van der Waals surface area contributed by atoms with Gasteiger partial charge in [-0.15, -0.1) is 0 Å². The summed E-state index contributed by atoms with van der Waals surface area (Å²) < 4.78 is 27.5. The van der Waals surface area contributed by atoms with Gasteiger partial charge in [-0.25, -0.2) is 8.42 Å². The van der Waals surface area contributed by atoms with Crippen molar-refractivity contribution < 1.29 is 13.2 Å². The number of sulfonamides is 1. The van der Waals surface area contributed by atoms with E-state index in [1.165, 1.54) is 16.4 Å². The van der Waals surface area contributed by atoms with Gasteiger partial charge in [-0.2, -0.15) is 4.31 Å². The summed E-state index contributed by atoms with van der Waals surface area (Å²) in [5.41, 5.74) is 1.79. The number of amides is 1. The number of hydrogen-bond acceptors (Lipinski definition) is 5. The standard InChI is InChI=1S/C23H29ClN4O3S/c1-26-13-15-27(16-14-26)22-7-3-2-6-21(22)25-23(29)18-5-4-12-28(17-18)32(30,31)20-10-8-19(24)9-11-20/h2-3,6-11,18H,4-5,12-17H2,1H3,(H,25,29)/t18-/m0/s1. The number of halogens is 1. The van der Waals surface area contributed by atoms with Crippen molar-refractivity contribution in [3.05, 3.63) is 53.6 Å². The molecule has 9 heteroatoms. The Hall–Kier alpha value is -2.13. The molecule has 0 aliphatic carbocycles. The summed E-state index contributed by atoms with van der Waals surface area (Å²) in [6, 6.07) is 14.0. The normalized spacial score (nSPS) is 20.8. The highest BCUT2D eigenvalue weighted by molar-refractivity contribution is 7.89. The minimum absolute atomic E-state index is 0.136. The lowest BCUT2D eigenvalue weighted by atomic mass is 9.98. The van der Waals surface area contributed by atoms with E-state index in [-0.39, 0.29) is 17.3 Å². The zero-order chi connectivity index (χ0) is 22.7. The predicted molar refractivity (Wildman–Crippen MR) is 128 cm³/mol. The molecule has 0 bridgehead atoms. The Morgan fingerprint density at radius 2 is 1.69 bits per heavy atom. The number of nitrogens with one attached hydrogen (secondary N) is 1. The smallest absolute Gasteiger partial charge is 0.243 e. The van der Waals surface area contributed by atoms with Gasteiger partial charge in [-0.3, -0.25) is 4.79 Å². The van der Waals surface area contributed by atoms with E-state index in [1.54, 1.807) is 12.1 Å². The number of hydrogen-bond donors (Lipinski definition) is 1. The Morgan fingerprint density at radius 1 is 1.00 bits per heavy atom. The molecule has 0 radical (unpaired) electrons. The Bertz CT molecular complexity index is 1050. The van der Waals surface area contributed by atoms with Crippen molar-refractivity contribution in [2.75, 3.05) is 56.5 Å². The first kappa shape index (κ1) is 23.0. The maximum absolute atomic E-state index is 13.1. The summed E-state index contributed by atoms with van der Waals surface area (Å²) in [5.74, 6) is -0.533. The molecule has 0 aromatic heterocycles. The van der Waals surface area contributed by atoms with E-state index >= 15 is 0 Å². The van der Waals surface area contributed by atoms with Crippen LogP contribution in [0, 0.1) is 5.92 Å². The second kappa shape index (κ2) is 9.79. The van der Waals surface area contributed by atoms with Gasteiger partial charge in [0, 0.05) is 44.3 Å². The maximum atomic E-state index is 13.1. The Balaban J connectivity index is 1.46. The van der Waals surface area contributed by atoms with Gasteiger partial charge >= 0.3 is 0 Å². The largest absolute Gasteiger partial charge is 0.367 e. The molecular formula is C23H29ClN4O3S. The molecule has 2 aromatic rings. The van der Waals surface area contributed by atoms with E-state index in [1.807, 2.05) is 24.3 Å². The van der Waals surface area contributed by atoms with Crippen molar-refractivity contribution >= 4 is 38.9 Å². The molecule has 0 unspecified atom stereocenters. The van der Waals surface area contributed by atoms with E-state index in [2.05, 4.69) is 22.2 Å². The summed E-state index contributed by atoms with van der Waals surface area (Å²) >= 11 is 5.90. The van der Waals surface area contributed by atoms with E-state index in [0.717, 1.165) is 37.6 Å². The van der Waals surface area contributed by atoms with Crippen LogP contribution in [0.15, 0.2) is 53.4 Å². The summed E-state index contributed by atoms with van der Waals surface area (Å²) in [4.78, 5) is 17.9.